The molecule has 3 unspecified atom stereocenters. The summed E-state index contributed by atoms with van der Waals surface area (Å²) in [6.45, 7) is 4.27. The second-order valence-electron chi connectivity index (χ2n) is 6.40. The van der Waals surface area contributed by atoms with Crippen LogP contribution in [0.3, 0.4) is 0 Å². The Morgan fingerprint density at radius 2 is 2.12 bits per heavy atom. The zero-order chi connectivity index (χ0) is 18.1. The lowest BCUT2D eigenvalue weighted by Gasteiger charge is -2.17. The van der Waals surface area contributed by atoms with Crippen LogP contribution in [0.4, 0.5) is 5.69 Å². The van der Waals surface area contributed by atoms with Crippen molar-refractivity contribution in [3.8, 4) is 11.4 Å². The highest BCUT2D eigenvalue weighted by Gasteiger charge is 2.36. The van der Waals surface area contributed by atoms with Gasteiger partial charge in [0, 0.05) is 17.5 Å². The molecule has 0 aliphatic carbocycles. The smallest absolute Gasteiger partial charge is 0.317 e. The van der Waals surface area contributed by atoms with Crippen molar-refractivity contribution >= 4 is 17.9 Å². The molecule has 2 aliphatic heterocycles. The molecule has 1 N–H and O–H groups in total. The van der Waals surface area contributed by atoms with Gasteiger partial charge in [0.15, 0.2) is 17.9 Å². The lowest BCUT2D eigenvalue weighted by molar-refractivity contribution is -0.145. The summed E-state index contributed by atoms with van der Waals surface area (Å²) >= 11 is 0. The molecule has 1 fully saturated rings. The number of allylic oxidation sites excluding steroid dienone is 1. The van der Waals surface area contributed by atoms with Crippen LogP contribution < -0.4 is 5.32 Å². The van der Waals surface area contributed by atoms with Crippen LogP contribution in [0.25, 0.3) is 17.6 Å². The Balaban J connectivity index is 1.54. The van der Waals surface area contributed by atoms with Gasteiger partial charge in [-0.1, -0.05) is 13.0 Å². The number of aromatic nitrogens is 3. The Morgan fingerprint density at radius 3 is 2.81 bits per heavy atom. The first kappa shape index (κ1) is 16.8. The Kier molecular flexibility index (Phi) is 4.46. The third-order valence-corrected chi connectivity index (χ3v) is 4.67. The average Bonchev–Trinajstić information content (AvgIpc) is 3.27. The van der Waals surface area contributed by atoms with Crippen LogP contribution in [0.1, 0.15) is 38.4 Å². The maximum atomic E-state index is 12.2. The molecule has 1 aromatic carbocycles. The Bertz CT molecular complexity index is 828. The Hall–Kier alpha value is -2.67. The number of fused-ring (bicyclic) bond motifs is 1. The SMILES string of the molecule is CCOC(=O)C1CC=Cn2c(-c3ccc(NC4OC4CC)cc3)nnc21. The molecule has 1 saturated heterocycles. The van der Waals surface area contributed by atoms with Crippen LogP contribution in [0.15, 0.2) is 30.3 Å². The standard InChI is InChI=1S/C19H22N4O3/c1-3-15-18(26-15)20-13-9-7-12(8-10-13)16-21-22-17-14(19(24)25-4-2)6-5-11-23(16)17/h5,7-11,14-15,18,20H,3-4,6H2,1-2H3. The molecule has 1 aromatic heterocycles. The van der Waals surface area contributed by atoms with Crippen molar-refractivity contribution in [2.24, 2.45) is 0 Å². The molecule has 2 aromatic rings. The molecule has 3 heterocycles. The zero-order valence-corrected chi connectivity index (χ0v) is 14.9. The number of ether oxygens (including phenoxy) is 2. The van der Waals surface area contributed by atoms with Gasteiger partial charge in [0.1, 0.15) is 12.0 Å². The van der Waals surface area contributed by atoms with E-state index in [1.807, 2.05) is 41.1 Å². The first-order chi connectivity index (χ1) is 12.7. The number of benzene rings is 1. The van der Waals surface area contributed by atoms with E-state index in [1.165, 1.54) is 0 Å². The van der Waals surface area contributed by atoms with E-state index in [0.29, 0.717) is 30.8 Å². The summed E-state index contributed by atoms with van der Waals surface area (Å²) in [5.74, 6) is 0.679. The molecule has 136 valence electrons. The number of epoxide rings is 1. The van der Waals surface area contributed by atoms with Crippen LogP contribution in [-0.4, -0.2) is 39.7 Å². The summed E-state index contributed by atoms with van der Waals surface area (Å²) in [6, 6.07) is 7.98. The normalized spacial score (nSPS) is 23.4. The summed E-state index contributed by atoms with van der Waals surface area (Å²) in [7, 11) is 0. The summed E-state index contributed by atoms with van der Waals surface area (Å²) in [4.78, 5) is 12.2. The summed E-state index contributed by atoms with van der Waals surface area (Å²) in [6.07, 6.45) is 5.88. The number of anilines is 1. The largest absolute Gasteiger partial charge is 0.465 e. The second kappa shape index (κ2) is 6.92. The number of rotatable bonds is 6. The fourth-order valence-electron chi connectivity index (χ4n) is 3.20. The molecule has 7 heteroatoms. The molecule has 0 saturated carbocycles. The maximum absolute atomic E-state index is 12.2. The third-order valence-electron chi connectivity index (χ3n) is 4.67. The van der Waals surface area contributed by atoms with Gasteiger partial charge < -0.3 is 14.8 Å². The van der Waals surface area contributed by atoms with Crippen molar-refractivity contribution in [3.63, 3.8) is 0 Å². The lowest BCUT2D eigenvalue weighted by atomic mass is 10.0. The van der Waals surface area contributed by atoms with Crippen LogP contribution in [0.5, 0.6) is 0 Å². The Labute approximate surface area is 152 Å². The lowest BCUT2D eigenvalue weighted by Crippen LogP contribution is -2.20. The molecule has 2 aliphatic rings. The third kappa shape index (κ3) is 3.10. The Morgan fingerprint density at radius 1 is 1.31 bits per heavy atom. The van der Waals surface area contributed by atoms with Gasteiger partial charge in [-0.25, -0.2) is 0 Å². The van der Waals surface area contributed by atoms with E-state index >= 15 is 0 Å². The highest BCUT2D eigenvalue weighted by molar-refractivity contribution is 5.79. The van der Waals surface area contributed by atoms with Gasteiger partial charge in [-0.2, -0.15) is 0 Å². The summed E-state index contributed by atoms with van der Waals surface area (Å²) < 4.78 is 12.5. The number of carbonyl (C=O) groups is 1. The van der Waals surface area contributed by atoms with E-state index < -0.39 is 5.92 Å². The molecule has 4 rings (SSSR count). The van der Waals surface area contributed by atoms with Crippen LogP contribution in [0, 0.1) is 0 Å². The van der Waals surface area contributed by atoms with Crippen molar-refractivity contribution in [3.05, 3.63) is 36.2 Å². The van der Waals surface area contributed by atoms with Gasteiger partial charge >= 0.3 is 5.97 Å². The average molecular weight is 354 g/mol. The molecular weight excluding hydrogens is 332 g/mol. The minimum absolute atomic E-state index is 0.111. The van der Waals surface area contributed by atoms with E-state index in [2.05, 4.69) is 22.4 Å². The molecule has 0 amide bonds. The number of esters is 1. The van der Waals surface area contributed by atoms with E-state index in [1.54, 1.807) is 6.92 Å². The molecular formula is C19H22N4O3. The molecule has 0 spiro atoms. The fourth-order valence-corrected chi connectivity index (χ4v) is 3.20. The van der Waals surface area contributed by atoms with Gasteiger partial charge in [0.25, 0.3) is 0 Å². The van der Waals surface area contributed by atoms with Crippen molar-refractivity contribution in [1.29, 1.82) is 0 Å². The van der Waals surface area contributed by atoms with Crippen LogP contribution in [0.2, 0.25) is 0 Å². The highest BCUT2D eigenvalue weighted by atomic mass is 16.6. The maximum Gasteiger partial charge on any atom is 0.317 e. The fraction of sp³-hybridized carbons (Fsp3) is 0.421. The number of hydrogen-bond donors (Lipinski definition) is 1. The minimum atomic E-state index is -0.403. The predicted molar refractivity (Wildman–Crippen MR) is 97.4 cm³/mol. The van der Waals surface area contributed by atoms with E-state index in [4.69, 9.17) is 9.47 Å². The molecule has 0 bridgehead atoms. The summed E-state index contributed by atoms with van der Waals surface area (Å²) in [5.41, 5.74) is 1.94. The molecule has 26 heavy (non-hydrogen) atoms. The second-order valence-corrected chi connectivity index (χ2v) is 6.40. The van der Waals surface area contributed by atoms with Gasteiger partial charge in [0.2, 0.25) is 0 Å². The van der Waals surface area contributed by atoms with Gasteiger partial charge in [0.05, 0.1) is 6.61 Å². The monoisotopic (exact) mass is 354 g/mol. The predicted octanol–water partition coefficient (Wildman–Crippen LogP) is 3.01. The molecule has 3 atom stereocenters. The number of nitrogens with one attached hydrogen (secondary N) is 1. The zero-order valence-electron chi connectivity index (χ0n) is 14.9. The van der Waals surface area contributed by atoms with E-state index in [0.717, 1.165) is 17.7 Å². The number of nitrogens with zero attached hydrogens (tertiary/aromatic N) is 3. The van der Waals surface area contributed by atoms with Crippen molar-refractivity contribution in [2.75, 3.05) is 11.9 Å². The van der Waals surface area contributed by atoms with E-state index in [-0.39, 0.29) is 12.2 Å². The minimum Gasteiger partial charge on any atom is -0.465 e. The van der Waals surface area contributed by atoms with Crippen LogP contribution >= 0.6 is 0 Å². The quantitative estimate of drug-likeness (QED) is 0.634. The molecule has 7 nitrogen and oxygen atoms in total. The van der Waals surface area contributed by atoms with Gasteiger partial charge in [-0.15, -0.1) is 10.2 Å². The first-order valence-corrected chi connectivity index (χ1v) is 9.01. The first-order valence-electron chi connectivity index (χ1n) is 9.01. The van der Waals surface area contributed by atoms with Gasteiger partial charge in [-0.05, 0) is 44.0 Å². The topological polar surface area (TPSA) is 81.6 Å². The van der Waals surface area contributed by atoms with Gasteiger partial charge in [-0.3, -0.25) is 9.36 Å². The van der Waals surface area contributed by atoms with Crippen LogP contribution in [-0.2, 0) is 14.3 Å². The van der Waals surface area contributed by atoms with Crippen molar-refractivity contribution < 1.29 is 14.3 Å². The van der Waals surface area contributed by atoms with Crippen molar-refractivity contribution in [2.45, 2.75) is 44.9 Å². The number of hydrogen-bond acceptors (Lipinski definition) is 6. The van der Waals surface area contributed by atoms with E-state index in [9.17, 15) is 4.79 Å². The van der Waals surface area contributed by atoms with Crippen molar-refractivity contribution in [1.82, 2.24) is 14.8 Å². The summed E-state index contributed by atoms with van der Waals surface area (Å²) in [5, 5.41) is 11.9. The highest BCUT2D eigenvalue weighted by Crippen LogP contribution is 2.31. The number of carbonyl (C=O) groups excluding carboxylic acids is 1. The molecule has 0 radical (unpaired) electrons.